The van der Waals surface area contributed by atoms with Crippen LogP contribution in [0.3, 0.4) is 0 Å². The summed E-state index contributed by atoms with van der Waals surface area (Å²) in [7, 11) is 0. The summed E-state index contributed by atoms with van der Waals surface area (Å²) in [6.45, 7) is 9.26. The maximum atomic E-state index is 13.2. The Balaban J connectivity index is 1.57. The zero-order chi connectivity index (χ0) is 17.7. The molecule has 0 spiro atoms. The molecule has 1 saturated carbocycles. The quantitative estimate of drug-likeness (QED) is 0.843. The van der Waals surface area contributed by atoms with Crippen LogP contribution >= 0.6 is 0 Å². The van der Waals surface area contributed by atoms with Gasteiger partial charge in [0, 0.05) is 43.6 Å². The highest BCUT2D eigenvalue weighted by Crippen LogP contribution is 2.36. The molecule has 2 unspecified atom stereocenters. The van der Waals surface area contributed by atoms with E-state index >= 15 is 0 Å². The lowest BCUT2D eigenvalue weighted by Gasteiger charge is -2.36. The van der Waals surface area contributed by atoms with Gasteiger partial charge in [-0.15, -0.1) is 0 Å². The molecule has 4 heterocycles. The molecule has 136 valence electrons. The molecule has 5 rings (SSSR count). The minimum atomic E-state index is -0.00360. The third-order valence-corrected chi connectivity index (χ3v) is 6.35. The summed E-state index contributed by atoms with van der Waals surface area (Å²) in [4.78, 5) is 30.1. The number of rotatable bonds is 4. The first kappa shape index (κ1) is 16.7. The summed E-state index contributed by atoms with van der Waals surface area (Å²) in [6, 6.07) is 2.23. The van der Waals surface area contributed by atoms with Crippen LogP contribution in [0.25, 0.3) is 0 Å². The number of hydrogen-bond donors (Lipinski definition) is 0. The Morgan fingerprint density at radius 1 is 1.16 bits per heavy atom. The minimum Gasteiger partial charge on any atom is -0.349 e. The number of aryl methyl sites for hydroxylation is 1. The molecule has 0 N–H and O–H groups in total. The average Bonchev–Trinajstić information content (AvgIpc) is 3.39. The number of fused-ring (bicyclic) bond motifs is 4. The normalized spacial score (nSPS) is 26.3. The van der Waals surface area contributed by atoms with Gasteiger partial charge in [-0.1, -0.05) is 0 Å². The van der Waals surface area contributed by atoms with Crippen molar-refractivity contribution in [2.24, 2.45) is 11.8 Å². The molecule has 25 heavy (non-hydrogen) atoms. The number of carbonyl (C=O) groups excluding carboxylic acids is 2. The Labute approximate surface area is 150 Å². The van der Waals surface area contributed by atoms with Crippen molar-refractivity contribution >= 4 is 11.8 Å². The predicted octanol–water partition coefficient (Wildman–Crippen LogP) is 2.60. The molecule has 1 aliphatic carbocycles. The average molecular weight is 343 g/mol. The second kappa shape index (κ2) is 6.19. The Morgan fingerprint density at radius 3 is 2.56 bits per heavy atom. The molecule has 4 fully saturated rings. The maximum absolute atomic E-state index is 13.2. The number of piperidine rings is 1. The van der Waals surface area contributed by atoms with Gasteiger partial charge in [0.25, 0.3) is 5.91 Å². The Bertz CT molecular complexity index is 704. The van der Waals surface area contributed by atoms with Crippen LogP contribution in [-0.4, -0.2) is 51.9 Å². The minimum absolute atomic E-state index is 0.00360. The van der Waals surface area contributed by atoms with Crippen molar-refractivity contribution in [3.05, 3.63) is 23.0 Å². The van der Waals surface area contributed by atoms with E-state index in [-0.39, 0.29) is 23.8 Å². The molecular weight excluding hydrogens is 314 g/mol. The molecule has 3 aliphatic heterocycles. The first-order valence-electron chi connectivity index (χ1n) is 9.76. The lowest BCUT2D eigenvalue weighted by atomic mass is 9.94. The van der Waals surface area contributed by atoms with Crippen LogP contribution in [0.4, 0.5) is 0 Å². The van der Waals surface area contributed by atoms with Crippen LogP contribution in [-0.2, 0) is 11.3 Å². The summed E-state index contributed by atoms with van der Waals surface area (Å²) in [5, 5.41) is 0. The molecule has 3 saturated heterocycles. The fraction of sp³-hybridized carbons (Fsp3) is 0.700. The van der Waals surface area contributed by atoms with Crippen LogP contribution in [0.1, 0.15) is 54.4 Å². The molecule has 5 nitrogen and oxygen atoms in total. The summed E-state index contributed by atoms with van der Waals surface area (Å²) < 4.78 is 2.18. The van der Waals surface area contributed by atoms with E-state index in [1.807, 2.05) is 17.9 Å². The first-order chi connectivity index (χ1) is 12.0. The van der Waals surface area contributed by atoms with Crippen LogP contribution < -0.4 is 0 Å². The van der Waals surface area contributed by atoms with Crippen molar-refractivity contribution in [1.82, 2.24) is 14.4 Å². The molecule has 0 radical (unpaired) electrons. The van der Waals surface area contributed by atoms with Crippen LogP contribution in [0.15, 0.2) is 6.07 Å². The zero-order valence-electron chi connectivity index (χ0n) is 15.6. The van der Waals surface area contributed by atoms with Crippen molar-refractivity contribution in [2.45, 2.75) is 59.0 Å². The predicted molar refractivity (Wildman–Crippen MR) is 96.4 cm³/mol. The van der Waals surface area contributed by atoms with Crippen molar-refractivity contribution in [3.63, 3.8) is 0 Å². The maximum Gasteiger partial charge on any atom is 0.255 e. The summed E-state index contributed by atoms with van der Waals surface area (Å²) in [6.07, 6.45) is 4.49. The van der Waals surface area contributed by atoms with Crippen molar-refractivity contribution < 1.29 is 9.59 Å². The highest BCUT2D eigenvalue weighted by atomic mass is 16.2. The summed E-state index contributed by atoms with van der Waals surface area (Å²) >= 11 is 0. The number of amides is 2. The van der Waals surface area contributed by atoms with E-state index in [1.54, 1.807) is 0 Å². The molecule has 2 bridgehead atoms. The molecule has 0 aromatic carbocycles. The van der Waals surface area contributed by atoms with Gasteiger partial charge in [0.2, 0.25) is 5.91 Å². The number of hydrogen-bond acceptors (Lipinski definition) is 2. The van der Waals surface area contributed by atoms with E-state index in [1.165, 1.54) is 12.8 Å². The number of aromatic nitrogens is 1. The third-order valence-electron chi connectivity index (χ3n) is 6.35. The monoisotopic (exact) mass is 343 g/mol. The second-order valence-electron chi connectivity index (χ2n) is 8.10. The highest BCUT2D eigenvalue weighted by molar-refractivity contribution is 5.96. The first-order valence-corrected chi connectivity index (χ1v) is 9.76. The van der Waals surface area contributed by atoms with Gasteiger partial charge in [0.1, 0.15) is 0 Å². The third kappa shape index (κ3) is 2.87. The van der Waals surface area contributed by atoms with Gasteiger partial charge in [0.15, 0.2) is 0 Å². The van der Waals surface area contributed by atoms with Gasteiger partial charge in [-0.3, -0.25) is 9.59 Å². The zero-order valence-corrected chi connectivity index (χ0v) is 15.6. The molecule has 1 aromatic rings. The number of nitrogens with zero attached hydrogens (tertiary/aromatic N) is 3. The van der Waals surface area contributed by atoms with E-state index in [9.17, 15) is 9.59 Å². The molecule has 1 aromatic heterocycles. The van der Waals surface area contributed by atoms with Crippen LogP contribution in [0.2, 0.25) is 0 Å². The van der Waals surface area contributed by atoms with Gasteiger partial charge < -0.3 is 14.4 Å². The van der Waals surface area contributed by atoms with Crippen molar-refractivity contribution in [2.75, 3.05) is 19.6 Å². The van der Waals surface area contributed by atoms with Crippen LogP contribution in [0, 0.1) is 25.7 Å². The second-order valence-corrected chi connectivity index (χ2v) is 8.10. The Morgan fingerprint density at radius 2 is 1.92 bits per heavy atom. The van der Waals surface area contributed by atoms with Gasteiger partial charge in [0.05, 0.1) is 11.5 Å². The summed E-state index contributed by atoms with van der Waals surface area (Å²) in [5.74, 6) is 1.09. The van der Waals surface area contributed by atoms with E-state index in [4.69, 9.17) is 0 Å². The van der Waals surface area contributed by atoms with Crippen molar-refractivity contribution in [1.29, 1.82) is 0 Å². The molecular formula is C20H29N3O2. The van der Waals surface area contributed by atoms with Gasteiger partial charge in [-0.05, 0) is 58.4 Å². The number of carbonyl (C=O) groups is 2. The molecule has 4 aliphatic rings. The summed E-state index contributed by atoms with van der Waals surface area (Å²) in [5.41, 5.74) is 2.98. The lowest BCUT2D eigenvalue weighted by Crippen LogP contribution is -2.48. The van der Waals surface area contributed by atoms with E-state index in [0.29, 0.717) is 19.0 Å². The molecule has 2 atom stereocenters. The molecule has 5 heteroatoms. The topological polar surface area (TPSA) is 45.6 Å². The van der Waals surface area contributed by atoms with Gasteiger partial charge in [-0.2, -0.15) is 0 Å². The van der Waals surface area contributed by atoms with Gasteiger partial charge in [-0.25, -0.2) is 0 Å². The Hall–Kier alpha value is -1.78. The van der Waals surface area contributed by atoms with E-state index in [2.05, 4.69) is 23.3 Å². The highest BCUT2D eigenvalue weighted by Gasteiger charge is 2.43. The largest absolute Gasteiger partial charge is 0.349 e. The Kier molecular flexibility index (Phi) is 4.13. The smallest absolute Gasteiger partial charge is 0.255 e. The molecule has 2 amide bonds. The van der Waals surface area contributed by atoms with Gasteiger partial charge >= 0.3 is 0 Å². The van der Waals surface area contributed by atoms with Crippen molar-refractivity contribution in [3.8, 4) is 0 Å². The van der Waals surface area contributed by atoms with E-state index in [0.717, 1.165) is 42.9 Å². The fourth-order valence-corrected chi connectivity index (χ4v) is 4.70. The lowest BCUT2D eigenvalue weighted by molar-refractivity contribution is -0.140. The standard InChI is InChI=1S/C20H29N3O2/c1-4-22-13(2)9-18(14(22)3)20(25)21-11-16-7-8-17(12-21)23(19(16)24)10-15-5-6-15/h9,15-17H,4-8,10-12H2,1-3H3. The fourth-order valence-electron chi connectivity index (χ4n) is 4.70. The van der Waals surface area contributed by atoms with E-state index < -0.39 is 0 Å². The SMILES string of the molecule is CCn1c(C)cc(C(=O)N2CC3CCC(C2)N(CC2CC2)C3=O)c1C. The van der Waals surface area contributed by atoms with Crippen LogP contribution in [0.5, 0.6) is 0 Å².